The number of hydrogen-bond acceptors (Lipinski definition) is 5. The lowest BCUT2D eigenvalue weighted by Crippen LogP contribution is -2.33. The Balaban J connectivity index is 2.65. The third-order valence-electron chi connectivity index (χ3n) is 2.48. The molecule has 1 rings (SSSR count). The number of ether oxygens (including phenoxy) is 1. The number of methoxy groups -OCH3 is 1. The number of nitrogens with zero attached hydrogens (tertiary/aromatic N) is 3. The van der Waals surface area contributed by atoms with E-state index < -0.39 is 0 Å². The average Bonchev–Trinajstić information content (AvgIpc) is 2.30. The fourth-order valence-electron chi connectivity index (χ4n) is 1.38. The second-order valence-corrected chi connectivity index (χ2v) is 3.81. The summed E-state index contributed by atoms with van der Waals surface area (Å²) in [5.74, 6) is 0.865. The minimum Gasteiger partial charge on any atom is -0.383 e. The zero-order chi connectivity index (χ0) is 12.0. The normalized spacial score (nSPS) is 12.5. The minimum absolute atomic E-state index is 0.287. The largest absolute Gasteiger partial charge is 0.383 e. The Kier molecular flexibility index (Phi) is 5.14. The van der Waals surface area contributed by atoms with Crippen molar-refractivity contribution >= 4 is 5.82 Å². The summed E-state index contributed by atoms with van der Waals surface area (Å²) in [6, 6.07) is 0.287. The molecule has 0 aliphatic carbocycles. The predicted molar refractivity (Wildman–Crippen MR) is 64.5 cm³/mol. The summed E-state index contributed by atoms with van der Waals surface area (Å²) >= 11 is 0. The van der Waals surface area contributed by atoms with Gasteiger partial charge in [0.2, 0.25) is 0 Å². The molecule has 0 spiro atoms. The first-order valence-electron chi connectivity index (χ1n) is 5.36. The van der Waals surface area contributed by atoms with Crippen LogP contribution in [0.5, 0.6) is 0 Å². The van der Waals surface area contributed by atoms with Crippen molar-refractivity contribution in [2.45, 2.75) is 19.5 Å². The molecule has 5 heteroatoms. The Morgan fingerprint density at radius 1 is 1.44 bits per heavy atom. The molecule has 0 aliphatic heterocycles. The molecule has 1 aromatic rings. The first-order chi connectivity index (χ1) is 7.69. The molecule has 90 valence electrons. The predicted octanol–water partition coefficient (Wildman–Crippen LogP) is 0.667. The third kappa shape index (κ3) is 3.43. The first-order valence-corrected chi connectivity index (χ1v) is 5.36. The van der Waals surface area contributed by atoms with E-state index >= 15 is 0 Å². The Hall–Kier alpha value is -1.20. The van der Waals surface area contributed by atoms with Crippen molar-refractivity contribution in [3.63, 3.8) is 0 Å². The maximum atomic E-state index is 5.11. The molecule has 0 bridgehead atoms. The number of nitrogens with one attached hydrogen (secondary N) is 1. The standard InChI is InChI=1S/C11H20N4O/c1-9(8-16-4)15(3)11-7-13-10(5-12-2)6-14-11/h6-7,9,12H,5,8H2,1-4H3. The summed E-state index contributed by atoms with van der Waals surface area (Å²) in [6.45, 7) is 3.51. The lowest BCUT2D eigenvalue weighted by Gasteiger charge is -2.24. The van der Waals surface area contributed by atoms with Crippen molar-refractivity contribution in [3.05, 3.63) is 18.1 Å². The van der Waals surface area contributed by atoms with Gasteiger partial charge in [0.1, 0.15) is 5.82 Å². The summed E-state index contributed by atoms with van der Waals surface area (Å²) in [7, 11) is 5.58. The van der Waals surface area contributed by atoms with Crippen LogP contribution >= 0.6 is 0 Å². The van der Waals surface area contributed by atoms with Crippen LogP contribution in [0.4, 0.5) is 5.82 Å². The van der Waals surface area contributed by atoms with E-state index in [1.54, 1.807) is 19.5 Å². The zero-order valence-electron chi connectivity index (χ0n) is 10.4. The Labute approximate surface area is 96.8 Å². The number of aromatic nitrogens is 2. The molecule has 1 atom stereocenters. The molecule has 1 unspecified atom stereocenters. The molecule has 0 saturated heterocycles. The van der Waals surface area contributed by atoms with E-state index in [0.717, 1.165) is 18.1 Å². The topological polar surface area (TPSA) is 50.3 Å². The highest BCUT2D eigenvalue weighted by molar-refractivity contribution is 5.35. The maximum Gasteiger partial charge on any atom is 0.147 e. The average molecular weight is 224 g/mol. The summed E-state index contributed by atoms with van der Waals surface area (Å²) < 4.78 is 5.11. The van der Waals surface area contributed by atoms with Gasteiger partial charge in [-0.2, -0.15) is 0 Å². The van der Waals surface area contributed by atoms with Gasteiger partial charge in [-0.25, -0.2) is 4.98 Å². The van der Waals surface area contributed by atoms with Gasteiger partial charge in [-0.15, -0.1) is 0 Å². The molecule has 1 heterocycles. The van der Waals surface area contributed by atoms with E-state index in [2.05, 4.69) is 27.1 Å². The summed E-state index contributed by atoms with van der Waals surface area (Å²) in [4.78, 5) is 10.7. The van der Waals surface area contributed by atoms with E-state index in [1.807, 2.05) is 14.1 Å². The zero-order valence-corrected chi connectivity index (χ0v) is 10.4. The number of hydrogen-bond donors (Lipinski definition) is 1. The highest BCUT2D eigenvalue weighted by Gasteiger charge is 2.10. The number of anilines is 1. The monoisotopic (exact) mass is 224 g/mol. The second-order valence-electron chi connectivity index (χ2n) is 3.81. The summed E-state index contributed by atoms with van der Waals surface area (Å²) in [6.07, 6.45) is 3.58. The van der Waals surface area contributed by atoms with Gasteiger partial charge >= 0.3 is 0 Å². The molecule has 0 radical (unpaired) electrons. The molecule has 0 fully saturated rings. The van der Waals surface area contributed by atoms with Crippen molar-refractivity contribution < 1.29 is 4.74 Å². The van der Waals surface area contributed by atoms with E-state index in [-0.39, 0.29) is 6.04 Å². The van der Waals surface area contributed by atoms with Gasteiger partial charge in [0.25, 0.3) is 0 Å². The fourth-order valence-corrected chi connectivity index (χ4v) is 1.38. The van der Waals surface area contributed by atoms with Gasteiger partial charge in [-0.1, -0.05) is 0 Å². The van der Waals surface area contributed by atoms with Crippen LogP contribution in [0, 0.1) is 0 Å². The molecule has 1 aromatic heterocycles. The van der Waals surface area contributed by atoms with E-state index in [9.17, 15) is 0 Å². The van der Waals surface area contributed by atoms with E-state index in [0.29, 0.717) is 6.61 Å². The van der Waals surface area contributed by atoms with Gasteiger partial charge in [-0.3, -0.25) is 4.98 Å². The molecule has 0 saturated carbocycles. The van der Waals surface area contributed by atoms with Gasteiger partial charge in [0, 0.05) is 20.7 Å². The maximum absolute atomic E-state index is 5.11. The van der Waals surface area contributed by atoms with Crippen LogP contribution in [0.3, 0.4) is 0 Å². The fraction of sp³-hybridized carbons (Fsp3) is 0.636. The first kappa shape index (κ1) is 12.9. The molecular formula is C11H20N4O. The number of likely N-dealkylation sites (N-methyl/N-ethyl adjacent to an activating group) is 1. The highest BCUT2D eigenvalue weighted by Crippen LogP contribution is 2.10. The minimum atomic E-state index is 0.287. The third-order valence-corrected chi connectivity index (χ3v) is 2.48. The van der Waals surface area contributed by atoms with Crippen LogP contribution in [0.1, 0.15) is 12.6 Å². The van der Waals surface area contributed by atoms with Crippen molar-refractivity contribution in [2.24, 2.45) is 0 Å². The van der Waals surface area contributed by atoms with Crippen molar-refractivity contribution in [1.29, 1.82) is 0 Å². The van der Waals surface area contributed by atoms with Crippen LogP contribution in [0.25, 0.3) is 0 Å². The molecule has 5 nitrogen and oxygen atoms in total. The highest BCUT2D eigenvalue weighted by atomic mass is 16.5. The molecule has 1 N–H and O–H groups in total. The van der Waals surface area contributed by atoms with E-state index in [4.69, 9.17) is 4.74 Å². The smallest absolute Gasteiger partial charge is 0.147 e. The quantitative estimate of drug-likeness (QED) is 0.769. The van der Waals surface area contributed by atoms with Crippen molar-refractivity contribution in [1.82, 2.24) is 15.3 Å². The van der Waals surface area contributed by atoms with Crippen LogP contribution in [-0.2, 0) is 11.3 Å². The Morgan fingerprint density at radius 2 is 2.19 bits per heavy atom. The Bertz CT molecular complexity index is 301. The molecular weight excluding hydrogens is 204 g/mol. The van der Waals surface area contributed by atoms with Crippen LogP contribution in [-0.4, -0.2) is 43.8 Å². The van der Waals surface area contributed by atoms with Gasteiger partial charge in [-0.05, 0) is 14.0 Å². The van der Waals surface area contributed by atoms with Crippen LogP contribution in [0.15, 0.2) is 12.4 Å². The molecule has 0 aliphatic rings. The van der Waals surface area contributed by atoms with Crippen molar-refractivity contribution in [2.75, 3.05) is 32.7 Å². The Morgan fingerprint density at radius 3 is 2.69 bits per heavy atom. The molecule has 16 heavy (non-hydrogen) atoms. The molecule has 0 amide bonds. The lowest BCUT2D eigenvalue weighted by atomic mass is 10.3. The number of rotatable bonds is 6. The van der Waals surface area contributed by atoms with Crippen LogP contribution in [0.2, 0.25) is 0 Å². The summed E-state index contributed by atoms with van der Waals surface area (Å²) in [5.41, 5.74) is 0.944. The lowest BCUT2D eigenvalue weighted by molar-refractivity contribution is 0.183. The second kappa shape index (κ2) is 6.40. The van der Waals surface area contributed by atoms with Gasteiger partial charge < -0.3 is 15.0 Å². The SMILES string of the molecule is CNCc1cnc(N(C)C(C)COC)cn1. The van der Waals surface area contributed by atoms with Crippen molar-refractivity contribution in [3.8, 4) is 0 Å². The molecule has 0 aromatic carbocycles. The van der Waals surface area contributed by atoms with Gasteiger partial charge in [0.15, 0.2) is 0 Å². The van der Waals surface area contributed by atoms with Gasteiger partial charge in [0.05, 0.1) is 30.7 Å². The van der Waals surface area contributed by atoms with Crippen LogP contribution < -0.4 is 10.2 Å². The van der Waals surface area contributed by atoms with E-state index in [1.165, 1.54) is 0 Å². The summed E-state index contributed by atoms with van der Waals surface area (Å²) in [5, 5.41) is 3.04.